The van der Waals surface area contributed by atoms with E-state index in [0.717, 1.165) is 25.2 Å². The van der Waals surface area contributed by atoms with Crippen LogP contribution in [0.4, 0.5) is 0 Å². The molecule has 0 aliphatic heterocycles. The molecular weight excluding hydrogens is 256 g/mol. The molecule has 0 amide bonds. The SMILES string of the molecule is c1csc(CN(Cc2cncn2C2CC2)C2CC2)n1. The van der Waals surface area contributed by atoms with E-state index in [-0.39, 0.29) is 0 Å². The van der Waals surface area contributed by atoms with Gasteiger partial charge in [0.15, 0.2) is 0 Å². The van der Waals surface area contributed by atoms with Crippen molar-refractivity contribution < 1.29 is 0 Å². The third-order valence-electron chi connectivity index (χ3n) is 3.94. The maximum Gasteiger partial charge on any atom is 0.107 e. The molecule has 2 aliphatic rings. The summed E-state index contributed by atoms with van der Waals surface area (Å²) in [5, 5.41) is 3.29. The second kappa shape index (κ2) is 4.72. The van der Waals surface area contributed by atoms with Gasteiger partial charge in [-0.3, -0.25) is 4.90 Å². The molecule has 0 saturated heterocycles. The van der Waals surface area contributed by atoms with Gasteiger partial charge >= 0.3 is 0 Å². The molecule has 2 fully saturated rings. The van der Waals surface area contributed by atoms with E-state index in [1.54, 1.807) is 11.3 Å². The van der Waals surface area contributed by atoms with Crippen molar-refractivity contribution in [3.8, 4) is 0 Å². The third kappa shape index (κ3) is 2.58. The van der Waals surface area contributed by atoms with Gasteiger partial charge in [0.2, 0.25) is 0 Å². The van der Waals surface area contributed by atoms with E-state index in [4.69, 9.17) is 0 Å². The smallest absolute Gasteiger partial charge is 0.107 e. The zero-order chi connectivity index (χ0) is 12.7. The van der Waals surface area contributed by atoms with Gasteiger partial charge in [-0.25, -0.2) is 9.97 Å². The van der Waals surface area contributed by atoms with Gasteiger partial charge in [0, 0.05) is 36.4 Å². The Hall–Kier alpha value is -1.20. The molecular formula is C14H18N4S. The molecule has 4 nitrogen and oxygen atoms in total. The van der Waals surface area contributed by atoms with Crippen LogP contribution < -0.4 is 0 Å². The number of aromatic nitrogens is 3. The highest BCUT2D eigenvalue weighted by Gasteiger charge is 2.31. The van der Waals surface area contributed by atoms with Gasteiger partial charge in [-0.15, -0.1) is 11.3 Å². The average molecular weight is 274 g/mol. The summed E-state index contributed by atoms with van der Waals surface area (Å²) in [6.07, 6.45) is 11.3. The number of thiazole rings is 1. The highest BCUT2D eigenvalue weighted by molar-refractivity contribution is 7.09. The molecule has 0 N–H and O–H groups in total. The van der Waals surface area contributed by atoms with Crippen molar-refractivity contribution in [1.82, 2.24) is 19.4 Å². The van der Waals surface area contributed by atoms with Crippen LogP contribution in [0.15, 0.2) is 24.1 Å². The summed E-state index contributed by atoms with van der Waals surface area (Å²) < 4.78 is 2.37. The van der Waals surface area contributed by atoms with Gasteiger partial charge in [0.25, 0.3) is 0 Å². The molecule has 0 bridgehead atoms. The first kappa shape index (κ1) is 11.6. The maximum atomic E-state index is 4.42. The van der Waals surface area contributed by atoms with Crippen LogP contribution >= 0.6 is 11.3 Å². The van der Waals surface area contributed by atoms with Crippen LogP contribution in [0.2, 0.25) is 0 Å². The summed E-state index contributed by atoms with van der Waals surface area (Å²) in [7, 11) is 0. The summed E-state index contributed by atoms with van der Waals surface area (Å²) in [5.41, 5.74) is 1.37. The molecule has 2 heterocycles. The number of hydrogen-bond donors (Lipinski definition) is 0. The standard InChI is InChI=1S/C14H18N4S/c1-2-11(1)17(9-14-16-5-6-19-14)8-13-7-15-10-18(13)12-3-4-12/h5-7,10-12H,1-4,8-9H2. The zero-order valence-electron chi connectivity index (χ0n) is 10.9. The number of imidazole rings is 1. The third-order valence-corrected chi connectivity index (χ3v) is 4.70. The number of nitrogens with zero attached hydrogens (tertiary/aromatic N) is 4. The topological polar surface area (TPSA) is 34.0 Å². The minimum atomic E-state index is 0.721. The fourth-order valence-corrected chi connectivity index (χ4v) is 3.24. The molecule has 2 aliphatic carbocycles. The molecule has 0 radical (unpaired) electrons. The fourth-order valence-electron chi connectivity index (χ4n) is 2.60. The average Bonchev–Trinajstić information content (AvgIpc) is 3.35. The summed E-state index contributed by atoms with van der Waals surface area (Å²) >= 11 is 1.76. The lowest BCUT2D eigenvalue weighted by Crippen LogP contribution is -2.26. The van der Waals surface area contributed by atoms with E-state index >= 15 is 0 Å². The van der Waals surface area contributed by atoms with Crippen LogP contribution in [0.5, 0.6) is 0 Å². The van der Waals surface area contributed by atoms with E-state index in [1.807, 2.05) is 18.7 Å². The largest absolute Gasteiger partial charge is 0.330 e. The van der Waals surface area contributed by atoms with Crippen molar-refractivity contribution in [2.45, 2.75) is 50.9 Å². The molecule has 2 saturated carbocycles. The minimum Gasteiger partial charge on any atom is -0.330 e. The van der Waals surface area contributed by atoms with Crippen molar-refractivity contribution in [3.63, 3.8) is 0 Å². The molecule has 0 unspecified atom stereocenters. The zero-order valence-corrected chi connectivity index (χ0v) is 11.7. The Kier molecular flexibility index (Phi) is 2.89. The van der Waals surface area contributed by atoms with Gasteiger partial charge in [-0.1, -0.05) is 0 Å². The summed E-state index contributed by atoms with van der Waals surface area (Å²) in [6, 6.07) is 1.48. The van der Waals surface area contributed by atoms with Crippen molar-refractivity contribution >= 4 is 11.3 Å². The number of hydrogen-bond acceptors (Lipinski definition) is 4. The Bertz CT molecular complexity index is 540. The van der Waals surface area contributed by atoms with Crippen LogP contribution in [0.1, 0.15) is 42.4 Å². The van der Waals surface area contributed by atoms with E-state index in [0.29, 0.717) is 0 Å². The van der Waals surface area contributed by atoms with Crippen LogP contribution in [0.25, 0.3) is 0 Å². The van der Waals surface area contributed by atoms with Gasteiger partial charge in [0.05, 0.1) is 18.6 Å². The summed E-state index contributed by atoms with van der Waals surface area (Å²) in [4.78, 5) is 11.3. The van der Waals surface area contributed by atoms with Crippen molar-refractivity contribution in [2.75, 3.05) is 0 Å². The molecule has 0 atom stereocenters. The Labute approximate surface area is 117 Å². The van der Waals surface area contributed by atoms with Gasteiger partial charge in [0.1, 0.15) is 5.01 Å². The van der Waals surface area contributed by atoms with E-state index < -0.39 is 0 Å². The lowest BCUT2D eigenvalue weighted by molar-refractivity contribution is 0.239. The molecule has 4 rings (SSSR count). The molecule has 5 heteroatoms. The maximum absolute atomic E-state index is 4.42. The van der Waals surface area contributed by atoms with Crippen LogP contribution in [-0.4, -0.2) is 25.5 Å². The highest BCUT2D eigenvalue weighted by Crippen LogP contribution is 2.37. The second-order valence-electron chi connectivity index (χ2n) is 5.59. The molecule has 19 heavy (non-hydrogen) atoms. The first-order valence-corrected chi connectivity index (χ1v) is 7.91. The highest BCUT2D eigenvalue weighted by atomic mass is 32.1. The predicted molar refractivity (Wildman–Crippen MR) is 74.9 cm³/mol. The normalized spacial score (nSPS) is 19.2. The first-order chi connectivity index (χ1) is 9.40. The lowest BCUT2D eigenvalue weighted by atomic mass is 10.3. The van der Waals surface area contributed by atoms with Crippen LogP contribution in [-0.2, 0) is 13.1 Å². The minimum absolute atomic E-state index is 0.721. The molecule has 0 aromatic carbocycles. The molecule has 0 spiro atoms. The predicted octanol–water partition coefficient (Wildman–Crippen LogP) is 2.84. The first-order valence-electron chi connectivity index (χ1n) is 7.03. The summed E-state index contributed by atoms with van der Waals surface area (Å²) in [5.74, 6) is 0. The van der Waals surface area contributed by atoms with Crippen LogP contribution in [0.3, 0.4) is 0 Å². The van der Waals surface area contributed by atoms with Crippen molar-refractivity contribution in [2.24, 2.45) is 0 Å². The second-order valence-corrected chi connectivity index (χ2v) is 6.56. The monoisotopic (exact) mass is 274 g/mol. The fraction of sp³-hybridized carbons (Fsp3) is 0.571. The van der Waals surface area contributed by atoms with E-state index in [9.17, 15) is 0 Å². The molecule has 100 valence electrons. The van der Waals surface area contributed by atoms with Gasteiger partial charge < -0.3 is 4.57 Å². The van der Waals surface area contributed by atoms with Crippen LogP contribution in [0, 0.1) is 0 Å². The molecule has 2 aromatic heterocycles. The molecule has 2 aromatic rings. The summed E-state index contributed by atoms with van der Waals surface area (Å²) in [6.45, 7) is 2.00. The van der Waals surface area contributed by atoms with E-state index in [2.05, 4.69) is 24.8 Å². The van der Waals surface area contributed by atoms with Gasteiger partial charge in [-0.05, 0) is 25.7 Å². The van der Waals surface area contributed by atoms with E-state index in [1.165, 1.54) is 36.4 Å². The lowest BCUT2D eigenvalue weighted by Gasteiger charge is -2.21. The Morgan fingerprint density at radius 2 is 2.16 bits per heavy atom. The van der Waals surface area contributed by atoms with Crippen molar-refractivity contribution in [1.29, 1.82) is 0 Å². The Balaban J connectivity index is 1.49. The van der Waals surface area contributed by atoms with Gasteiger partial charge in [-0.2, -0.15) is 0 Å². The number of rotatable bonds is 6. The Morgan fingerprint density at radius 1 is 1.26 bits per heavy atom. The quantitative estimate of drug-likeness (QED) is 0.812. The van der Waals surface area contributed by atoms with Crippen molar-refractivity contribution in [3.05, 3.63) is 34.8 Å². The Morgan fingerprint density at radius 3 is 2.84 bits per heavy atom.